The Balaban J connectivity index is 1.76. The summed E-state index contributed by atoms with van der Waals surface area (Å²) in [6.45, 7) is 0. The molecule has 3 aromatic rings. The van der Waals surface area contributed by atoms with Crippen molar-refractivity contribution < 1.29 is 14.3 Å². The lowest BCUT2D eigenvalue weighted by Crippen LogP contribution is -2.15. The molecule has 1 N–H and O–H groups in total. The van der Waals surface area contributed by atoms with Crippen LogP contribution in [0.5, 0.6) is 11.5 Å². The molecule has 0 atom stereocenters. The maximum absolute atomic E-state index is 12.9. The molecule has 0 aliphatic carbocycles. The van der Waals surface area contributed by atoms with Gasteiger partial charge in [0.15, 0.2) is 0 Å². The highest BCUT2D eigenvalue weighted by Gasteiger charge is 2.15. The van der Waals surface area contributed by atoms with E-state index in [-0.39, 0.29) is 5.91 Å². The molecule has 0 unspecified atom stereocenters. The summed E-state index contributed by atoms with van der Waals surface area (Å²) in [4.78, 5) is 23.4. The third kappa shape index (κ3) is 5.21. The number of carbonyl (C=O) groups excluding carboxylic acids is 1. The van der Waals surface area contributed by atoms with E-state index >= 15 is 0 Å². The van der Waals surface area contributed by atoms with Gasteiger partial charge in [0, 0.05) is 55.6 Å². The third-order valence-electron chi connectivity index (χ3n) is 4.34. The maximum Gasteiger partial charge on any atom is 0.258 e. The fourth-order valence-corrected chi connectivity index (χ4v) is 3.72. The van der Waals surface area contributed by atoms with E-state index in [1.165, 1.54) is 11.8 Å². The molecular weight excluding hydrogens is 400 g/mol. The van der Waals surface area contributed by atoms with Crippen molar-refractivity contribution in [2.24, 2.45) is 0 Å². The number of methoxy groups -OCH3 is 2. The first-order chi connectivity index (χ1) is 14.5. The fraction of sp³-hybridized carbons (Fsp3) is 0.227. The number of aromatic nitrogens is 2. The van der Waals surface area contributed by atoms with Gasteiger partial charge in [0.25, 0.3) is 5.91 Å². The molecule has 0 fully saturated rings. The number of thioether (sulfide) groups is 1. The summed E-state index contributed by atoms with van der Waals surface area (Å²) < 4.78 is 10.7. The van der Waals surface area contributed by atoms with Crippen LogP contribution in [0.2, 0.25) is 0 Å². The van der Waals surface area contributed by atoms with Gasteiger partial charge in [-0.15, -0.1) is 11.8 Å². The molecule has 30 heavy (non-hydrogen) atoms. The Hall–Kier alpha value is -3.26. The second-order valence-electron chi connectivity index (χ2n) is 6.57. The molecule has 0 aliphatic heterocycles. The largest absolute Gasteiger partial charge is 0.497 e. The molecule has 0 radical (unpaired) electrons. The number of hydrogen-bond acceptors (Lipinski definition) is 7. The zero-order valence-electron chi connectivity index (χ0n) is 17.4. The first-order valence-corrected chi connectivity index (χ1v) is 10.2. The lowest BCUT2D eigenvalue weighted by molar-refractivity contribution is 0.102. The molecule has 3 rings (SSSR count). The number of nitrogens with one attached hydrogen (secondary N) is 1. The van der Waals surface area contributed by atoms with Crippen LogP contribution in [0.4, 0.5) is 11.5 Å². The Bertz CT molecular complexity index is 1030. The molecule has 7 nitrogen and oxygen atoms in total. The Morgan fingerprint density at radius 2 is 1.90 bits per heavy atom. The predicted molar refractivity (Wildman–Crippen MR) is 120 cm³/mol. The average molecular weight is 425 g/mol. The van der Waals surface area contributed by atoms with Crippen molar-refractivity contribution in [2.75, 3.05) is 38.5 Å². The minimum atomic E-state index is -0.219. The molecule has 1 aromatic carbocycles. The van der Waals surface area contributed by atoms with Crippen LogP contribution in [0.1, 0.15) is 15.9 Å². The Morgan fingerprint density at radius 1 is 1.07 bits per heavy atom. The molecular formula is C22H24N4O3S. The summed E-state index contributed by atoms with van der Waals surface area (Å²) in [5.41, 5.74) is 2.18. The van der Waals surface area contributed by atoms with E-state index in [1.54, 1.807) is 44.8 Å². The average Bonchev–Trinajstić information content (AvgIpc) is 2.77. The van der Waals surface area contributed by atoms with Gasteiger partial charge in [-0.1, -0.05) is 6.07 Å². The Labute approximate surface area is 180 Å². The number of amides is 1. The first-order valence-electron chi connectivity index (χ1n) is 9.25. The van der Waals surface area contributed by atoms with Crippen molar-refractivity contribution in [1.29, 1.82) is 0 Å². The summed E-state index contributed by atoms with van der Waals surface area (Å²) in [5, 5.41) is 3.58. The van der Waals surface area contributed by atoms with Crippen molar-refractivity contribution in [3.05, 3.63) is 66.0 Å². The number of ether oxygens (including phenoxy) is 2. The van der Waals surface area contributed by atoms with Crippen LogP contribution in [0.3, 0.4) is 0 Å². The van der Waals surface area contributed by atoms with Gasteiger partial charge in [0.1, 0.15) is 22.3 Å². The summed E-state index contributed by atoms with van der Waals surface area (Å²) in [5.74, 6) is 2.61. The molecule has 156 valence electrons. The standard InChI is InChI=1S/C22H24N4O3S/c1-26(2)20-12-16(9-11-23-20)25-21(27)18-6-5-10-24-22(18)30-14-15-7-8-17(28-3)13-19(15)29-4/h5-13H,14H2,1-4H3,(H,23,25,27). The number of benzene rings is 1. The van der Waals surface area contributed by atoms with E-state index in [0.29, 0.717) is 22.0 Å². The van der Waals surface area contributed by atoms with Gasteiger partial charge in [-0.2, -0.15) is 0 Å². The quantitative estimate of drug-likeness (QED) is 0.546. The molecule has 8 heteroatoms. The molecule has 0 aliphatic rings. The summed E-state index contributed by atoms with van der Waals surface area (Å²) >= 11 is 1.48. The van der Waals surface area contributed by atoms with Crippen molar-refractivity contribution in [3.63, 3.8) is 0 Å². The van der Waals surface area contributed by atoms with E-state index in [4.69, 9.17) is 9.47 Å². The van der Waals surface area contributed by atoms with Crippen molar-refractivity contribution in [1.82, 2.24) is 9.97 Å². The first kappa shape index (κ1) is 21.4. The van der Waals surface area contributed by atoms with Gasteiger partial charge < -0.3 is 19.7 Å². The molecule has 1 amide bonds. The van der Waals surface area contributed by atoms with Gasteiger partial charge in [0.05, 0.1) is 19.8 Å². The highest BCUT2D eigenvalue weighted by atomic mass is 32.2. The number of pyridine rings is 2. The molecule has 2 aromatic heterocycles. The van der Waals surface area contributed by atoms with Crippen LogP contribution in [-0.2, 0) is 5.75 Å². The predicted octanol–water partition coefficient (Wildman–Crippen LogP) is 4.10. The van der Waals surface area contributed by atoms with Gasteiger partial charge in [-0.3, -0.25) is 4.79 Å². The molecule has 0 spiro atoms. The van der Waals surface area contributed by atoms with Crippen molar-refractivity contribution in [3.8, 4) is 11.5 Å². The lowest BCUT2D eigenvalue weighted by Gasteiger charge is -2.14. The SMILES string of the molecule is COc1ccc(CSc2ncccc2C(=O)Nc2ccnc(N(C)C)c2)c(OC)c1. The third-order valence-corrected chi connectivity index (χ3v) is 5.39. The second-order valence-corrected chi connectivity index (χ2v) is 7.54. The second kappa shape index (κ2) is 9.98. The van der Waals surface area contributed by atoms with Crippen LogP contribution in [0.25, 0.3) is 0 Å². The number of anilines is 2. The smallest absolute Gasteiger partial charge is 0.258 e. The van der Waals surface area contributed by atoms with Gasteiger partial charge in [-0.05, 0) is 24.3 Å². The van der Waals surface area contributed by atoms with Gasteiger partial charge >= 0.3 is 0 Å². The van der Waals surface area contributed by atoms with Crippen LogP contribution in [0, 0.1) is 0 Å². The highest BCUT2D eigenvalue weighted by Crippen LogP contribution is 2.31. The Kier molecular flexibility index (Phi) is 7.13. The van der Waals surface area contributed by atoms with Gasteiger partial charge in [0.2, 0.25) is 0 Å². The number of carbonyl (C=O) groups is 1. The highest BCUT2D eigenvalue weighted by molar-refractivity contribution is 7.98. The van der Waals surface area contributed by atoms with Crippen LogP contribution < -0.4 is 19.7 Å². The molecule has 2 heterocycles. The summed E-state index contributed by atoms with van der Waals surface area (Å²) in [6.07, 6.45) is 3.35. The van der Waals surface area contributed by atoms with Gasteiger partial charge in [-0.25, -0.2) is 9.97 Å². The minimum Gasteiger partial charge on any atom is -0.497 e. The molecule has 0 saturated heterocycles. The van der Waals surface area contributed by atoms with Crippen molar-refractivity contribution >= 4 is 29.2 Å². The van der Waals surface area contributed by atoms with Crippen molar-refractivity contribution in [2.45, 2.75) is 10.8 Å². The van der Waals surface area contributed by atoms with E-state index in [1.807, 2.05) is 43.3 Å². The number of nitrogens with zero attached hydrogens (tertiary/aromatic N) is 3. The van der Waals surface area contributed by atoms with E-state index in [0.717, 1.165) is 22.9 Å². The number of rotatable bonds is 8. The van der Waals surface area contributed by atoms with E-state index in [2.05, 4.69) is 15.3 Å². The number of hydrogen-bond donors (Lipinski definition) is 1. The summed E-state index contributed by atoms with van der Waals surface area (Å²) in [7, 11) is 7.04. The molecule has 0 bridgehead atoms. The lowest BCUT2D eigenvalue weighted by atomic mass is 10.2. The van der Waals surface area contributed by atoms with Crippen LogP contribution in [-0.4, -0.2) is 44.2 Å². The maximum atomic E-state index is 12.9. The monoisotopic (exact) mass is 424 g/mol. The minimum absolute atomic E-state index is 0.219. The Morgan fingerprint density at radius 3 is 2.63 bits per heavy atom. The van der Waals surface area contributed by atoms with Crippen LogP contribution in [0.15, 0.2) is 59.9 Å². The normalized spacial score (nSPS) is 10.4. The van der Waals surface area contributed by atoms with E-state index in [9.17, 15) is 4.79 Å². The summed E-state index contributed by atoms with van der Waals surface area (Å²) in [6, 6.07) is 12.8. The topological polar surface area (TPSA) is 76.6 Å². The zero-order valence-corrected chi connectivity index (χ0v) is 18.2. The zero-order chi connectivity index (χ0) is 21.5. The molecule has 0 saturated carbocycles. The van der Waals surface area contributed by atoms with E-state index < -0.39 is 0 Å². The fourth-order valence-electron chi connectivity index (χ4n) is 2.74. The van der Waals surface area contributed by atoms with Crippen LogP contribution >= 0.6 is 11.8 Å².